The minimum absolute atomic E-state index is 0.0278. The summed E-state index contributed by atoms with van der Waals surface area (Å²) in [6, 6.07) is 1.94. The van der Waals surface area contributed by atoms with E-state index in [1.54, 1.807) is 28.6 Å². The highest BCUT2D eigenvalue weighted by Crippen LogP contribution is 2.26. The maximum atomic E-state index is 13.2. The fourth-order valence-electron chi connectivity index (χ4n) is 4.90. The average Bonchev–Trinajstić information content (AvgIpc) is 3.69. The van der Waals surface area contributed by atoms with Crippen molar-refractivity contribution in [2.45, 2.75) is 42.8 Å². The van der Waals surface area contributed by atoms with E-state index in [1.165, 1.54) is 38.1 Å². The van der Waals surface area contributed by atoms with Crippen LogP contribution in [0.3, 0.4) is 0 Å². The zero-order valence-corrected chi connectivity index (χ0v) is 26.2. The molecule has 2 saturated heterocycles. The van der Waals surface area contributed by atoms with Crippen LogP contribution in [0, 0.1) is 0 Å². The van der Waals surface area contributed by atoms with E-state index in [0.29, 0.717) is 52.9 Å². The number of carbonyl (C=O) groups excluding carboxylic acids is 2. The summed E-state index contributed by atoms with van der Waals surface area (Å²) < 4.78 is 58.1. The minimum Gasteiger partial charge on any atom is -0.337 e. The lowest BCUT2D eigenvalue weighted by Crippen LogP contribution is -2.55. The molecule has 2 fully saturated rings. The molecule has 0 radical (unpaired) electrons. The molecule has 3 aromatic rings. The summed E-state index contributed by atoms with van der Waals surface area (Å²) in [6.07, 6.45) is 5.06. The van der Waals surface area contributed by atoms with Crippen LogP contribution >= 0.6 is 45.9 Å². The molecule has 5 rings (SSSR count). The lowest BCUT2D eigenvalue weighted by atomic mass is 10.1. The van der Waals surface area contributed by atoms with Crippen molar-refractivity contribution in [3.8, 4) is 0 Å². The number of sulfonamides is 2. The number of nitrogens with one attached hydrogen (secondary N) is 2. The van der Waals surface area contributed by atoms with E-state index < -0.39 is 38.0 Å². The van der Waals surface area contributed by atoms with Gasteiger partial charge >= 0.3 is 0 Å². The van der Waals surface area contributed by atoms with Gasteiger partial charge in [0.1, 0.15) is 6.04 Å². The summed E-state index contributed by atoms with van der Waals surface area (Å²) in [5.41, 5.74) is 0. The van der Waals surface area contributed by atoms with Gasteiger partial charge in [0, 0.05) is 47.5 Å². The van der Waals surface area contributed by atoms with Crippen LogP contribution in [0.1, 0.15) is 30.6 Å². The highest BCUT2D eigenvalue weighted by Gasteiger charge is 2.36. The van der Waals surface area contributed by atoms with Crippen LogP contribution < -0.4 is 9.44 Å². The Hall–Kier alpha value is -2.05. The van der Waals surface area contributed by atoms with E-state index >= 15 is 0 Å². The topological polar surface area (TPSA) is 150 Å². The van der Waals surface area contributed by atoms with Gasteiger partial charge in [0.05, 0.1) is 10.9 Å². The standard InChI is InChI=1S/C23H26Cl2N6O6S4/c24-18-6-5-16(39-18)7-12-40(34,35)28-17-4-2-8-29(21(17)33)14-19(32)30-9-1-3-15(30)13-26-41(36,37)22-20(25)27-23-31(22)10-11-38-23/h5-7,10-12,15,17,26,28H,1-4,8-9,13-14H2/b12-7+. The first-order valence-electron chi connectivity index (χ1n) is 12.6. The predicted molar refractivity (Wildman–Crippen MR) is 158 cm³/mol. The second kappa shape index (κ2) is 12.3. The zero-order valence-electron chi connectivity index (χ0n) is 21.4. The molecule has 0 saturated carbocycles. The number of carbonyl (C=O) groups is 2. The van der Waals surface area contributed by atoms with Gasteiger partial charge in [-0.2, -0.15) is 4.72 Å². The second-order valence-corrected chi connectivity index (χ2v) is 15.8. The molecular formula is C23H26Cl2N6O6S4. The van der Waals surface area contributed by atoms with Crippen molar-refractivity contribution in [3.63, 3.8) is 0 Å². The Bertz CT molecular complexity index is 1700. The molecule has 2 N–H and O–H groups in total. The second-order valence-electron chi connectivity index (χ2n) is 9.56. The number of imidazole rings is 1. The van der Waals surface area contributed by atoms with E-state index in [1.807, 2.05) is 0 Å². The Labute approximate surface area is 255 Å². The van der Waals surface area contributed by atoms with Gasteiger partial charge in [0.2, 0.25) is 21.8 Å². The SMILES string of the molecule is O=C1C(NS(=O)(=O)/C=C/c2ccc(Cl)s2)CCCN1CC(=O)N1CCCC1CNS(=O)(=O)c1c(Cl)nc2sccn12. The van der Waals surface area contributed by atoms with Crippen molar-refractivity contribution in [2.75, 3.05) is 26.2 Å². The number of likely N-dealkylation sites (tertiary alicyclic amines) is 2. The number of hydrogen-bond acceptors (Lipinski definition) is 9. The lowest BCUT2D eigenvalue weighted by Gasteiger charge is -2.34. The monoisotopic (exact) mass is 680 g/mol. The first-order valence-corrected chi connectivity index (χ1v) is 18.1. The molecule has 2 unspecified atom stereocenters. The molecule has 2 aliphatic heterocycles. The molecule has 2 aliphatic rings. The average molecular weight is 682 g/mol. The summed E-state index contributed by atoms with van der Waals surface area (Å²) in [5.74, 6) is -0.812. The Morgan fingerprint density at radius 2 is 1.93 bits per heavy atom. The van der Waals surface area contributed by atoms with Gasteiger partial charge < -0.3 is 9.80 Å². The van der Waals surface area contributed by atoms with Gasteiger partial charge in [-0.15, -0.1) is 22.7 Å². The van der Waals surface area contributed by atoms with Crippen molar-refractivity contribution in [2.24, 2.45) is 0 Å². The fourth-order valence-corrected chi connectivity index (χ4v) is 9.49. The van der Waals surface area contributed by atoms with Crippen LogP contribution in [-0.4, -0.2) is 86.1 Å². The first kappa shape index (κ1) is 30.4. The van der Waals surface area contributed by atoms with E-state index in [9.17, 15) is 26.4 Å². The molecular weight excluding hydrogens is 655 g/mol. The van der Waals surface area contributed by atoms with Crippen LogP contribution in [0.15, 0.2) is 34.1 Å². The van der Waals surface area contributed by atoms with Crippen molar-refractivity contribution < 1.29 is 26.4 Å². The molecule has 2 atom stereocenters. The molecule has 0 spiro atoms. The number of aromatic nitrogens is 2. The van der Waals surface area contributed by atoms with Crippen LogP contribution in [0.5, 0.6) is 0 Å². The number of thiazole rings is 1. The van der Waals surface area contributed by atoms with E-state index in [2.05, 4.69) is 14.4 Å². The number of nitrogens with zero attached hydrogens (tertiary/aromatic N) is 4. The third kappa shape index (κ3) is 6.96. The van der Waals surface area contributed by atoms with Crippen LogP contribution in [-0.2, 0) is 29.6 Å². The van der Waals surface area contributed by atoms with Crippen LogP contribution in [0.4, 0.5) is 0 Å². The minimum atomic E-state index is -4.02. The number of thiophene rings is 1. The van der Waals surface area contributed by atoms with Gasteiger partial charge in [0.25, 0.3) is 10.0 Å². The Morgan fingerprint density at radius 3 is 2.68 bits per heavy atom. The van der Waals surface area contributed by atoms with Gasteiger partial charge in [0.15, 0.2) is 15.1 Å². The number of halogens is 2. The molecule has 0 aliphatic carbocycles. The van der Waals surface area contributed by atoms with Gasteiger partial charge in [-0.05, 0) is 43.9 Å². The van der Waals surface area contributed by atoms with Gasteiger partial charge in [-0.3, -0.25) is 14.0 Å². The summed E-state index contributed by atoms with van der Waals surface area (Å²) in [5, 5.41) is 2.39. The molecule has 12 nitrogen and oxygen atoms in total. The van der Waals surface area contributed by atoms with Crippen molar-refractivity contribution in [1.29, 1.82) is 0 Å². The van der Waals surface area contributed by atoms with Crippen LogP contribution in [0.2, 0.25) is 9.49 Å². The number of rotatable bonds is 10. The van der Waals surface area contributed by atoms with Gasteiger partial charge in [-0.1, -0.05) is 23.2 Å². The summed E-state index contributed by atoms with van der Waals surface area (Å²) in [6.45, 7) is 0.477. The van der Waals surface area contributed by atoms with Crippen LogP contribution in [0.25, 0.3) is 11.0 Å². The third-order valence-corrected chi connectivity index (χ3v) is 11.7. The molecule has 41 heavy (non-hydrogen) atoms. The lowest BCUT2D eigenvalue weighted by molar-refractivity contribution is -0.143. The smallest absolute Gasteiger partial charge is 0.259 e. The molecule has 222 valence electrons. The van der Waals surface area contributed by atoms with Crippen molar-refractivity contribution in [1.82, 2.24) is 28.6 Å². The molecule has 5 heterocycles. The Morgan fingerprint density at radius 1 is 1.15 bits per heavy atom. The predicted octanol–water partition coefficient (Wildman–Crippen LogP) is 2.61. The molecule has 18 heteroatoms. The normalized spacial score (nSPS) is 20.6. The van der Waals surface area contributed by atoms with Gasteiger partial charge in [-0.25, -0.2) is 26.5 Å². The number of fused-ring (bicyclic) bond motifs is 1. The summed E-state index contributed by atoms with van der Waals surface area (Å²) >= 11 is 14.4. The maximum Gasteiger partial charge on any atom is 0.259 e. The number of piperidine rings is 1. The summed E-state index contributed by atoms with van der Waals surface area (Å²) in [7, 11) is -7.94. The molecule has 0 aromatic carbocycles. The highest BCUT2D eigenvalue weighted by molar-refractivity contribution is 7.92. The molecule has 0 bridgehead atoms. The largest absolute Gasteiger partial charge is 0.337 e. The van der Waals surface area contributed by atoms with Crippen molar-refractivity contribution >= 4 is 88.8 Å². The van der Waals surface area contributed by atoms with E-state index in [4.69, 9.17) is 23.2 Å². The van der Waals surface area contributed by atoms with Crippen molar-refractivity contribution in [3.05, 3.63) is 43.5 Å². The highest BCUT2D eigenvalue weighted by atomic mass is 35.5. The fraction of sp³-hybridized carbons (Fsp3) is 0.435. The quantitative estimate of drug-likeness (QED) is 0.334. The first-order chi connectivity index (χ1) is 19.4. The number of hydrogen-bond donors (Lipinski definition) is 2. The Balaban J connectivity index is 1.18. The number of amides is 2. The van der Waals surface area contributed by atoms with E-state index in [0.717, 1.165) is 5.41 Å². The zero-order chi connectivity index (χ0) is 29.4. The third-order valence-electron chi connectivity index (χ3n) is 6.81. The molecule has 2 amide bonds. The van der Waals surface area contributed by atoms with E-state index in [-0.39, 0.29) is 29.2 Å². The maximum absolute atomic E-state index is 13.2. The Kier molecular flexibility index (Phi) is 9.11. The summed E-state index contributed by atoms with van der Waals surface area (Å²) in [4.78, 5) is 34.4. The molecule has 3 aromatic heterocycles.